The van der Waals surface area contributed by atoms with E-state index in [1.807, 2.05) is 0 Å². The number of nitrogens with one attached hydrogen (secondary N) is 2. The summed E-state index contributed by atoms with van der Waals surface area (Å²) in [4.78, 5) is 21.1. The van der Waals surface area contributed by atoms with Crippen LogP contribution >= 0.6 is 0 Å². The topological polar surface area (TPSA) is 69.2 Å². The van der Waals surface area contributed by atoms with Crippen LogP contribution in [0.1, 0.15) is 36.8 Å². The van der Waals surface area contributed by atoms with E-state index < -0.39 is 0 Å². The van der Waals surface area contributed by atoms with E-state index in [0.29, 0.717) is 12.6 Å². The first-order valence-electron chi connectivity index (χ1n) is 11.7. The van der Waals surface area contributed by atoms with Gasteiger partial charge >= 0.3 is 0 Å². The quantitative estimate of drug-likeness (QED) is 0.513. The molecule has 1 aromatic rings. The van der Waals surface area contributed by atoms with Gasteiger partial charge in [-0.15, -0.1) is 0 Å². The van der Waals surface area contributed by atoms with Crippen LogP contribution in [0.3, 0.4) is 0 Å². The molecule has 1 aromatic carbocycles. The maximum Gasteiger partial charge on any atom is 0.241 e. The van der Waals surface area contributed by atoms with Crippen LogP contribution in [0.4, 0.5) is 0 Å². The van der Waals surface area contributed by atoms with E-state index in [2.05, 4.69) is 39.8 Å². The van der Waals surface area contributed by atoms with Crippen LogP contribution in [-0.2, 0) is 22.6 Å². The lowest BCUT2D eigenvalue weighted by atomic mass is 9.95. The van der Waals surface area contributed by atoms with Gasteiger partial charge < -0.3 is 20.3 Å². The van der Waals surface area contributed by atoms with Gasteiger partial charge in [-0.25, -0.2) is 4.99 Å². The van der Waals surface area contributed by atoms with Gasteiger partial charge in [0.15, 0.2) is 5.96 Å². The number of ether oxygens (including phenoxy) is 1. The van der Waals surface area contributed by atoms with E-state index in [9.17, 15) is 4.79 Å². The summed E-state index contributed by atoms with van der Waals surface area (Å²) in [6, 6.07) is 9.03. The number of likely N-dealkylation sites (N-methyl/N-ethyl adjacent to an activating group) is 1. The minimum absolute atomic E-state index is 0.0511. The van der Waals surface area contributed by atoms with Crippen LogP contribution in [0.5, 0.6) is 0 Å². The zero-order valence-electron chi connectivity index (χ0n) is 19.0. The molecule has 3 fully saturated rings. The van der Waals surface area contributed by atoms with Gasteiger partial charge in [-0.2, -0.15) is 0 Å². The monoisotopic (exact) mass is 427 g/mol. The van der Waals surface area contributed by atoms with E-state index in [1.165, 1.54) is 36.8 Å². The Morgan fingerprint density at radius 2 is 1.94 bits per heavy atom. The lowest BCUT2D eigenvalue weighted by Crippen LogP contribution is -2.48. The Morgan fingerprint density at radius 1 is 1.16 bits per heavy atom. The van der Waals surface area contributed by atoms with Crippen LogP contribution in [0.25, 0.3) is 0 Å². The molecule has 0 radical (unpaired) electrons. The summed E-state index contributed by atoms with van der Waals surface area (Å²) in [5, 5.41) is 6.93. The van der Waals surface area contributed by atoms with Gasteiger partial charge in [0.1, 0.15) is 0 Å². The van der Waals surface area contributed by atoms with Gasteiger partial charge in [-0.1, -0.05) is 30.7 Å². The van der Waals surface area contributed by atoms with Crippen molar-refractivity contribution in [3.63, 3.8) is 0 Å². The second-order valence-electron chi connectivity index (χ2n) is 9.39. The van der Waals surface area contributed by atoms with E-state index in [4.69, 9.17) is 9.73 Å². The fourth-order valence-corrected chi connectivity index (χ4v) is 5.10. The Bertz CT molecular complexity index is 775. The molecule has 1 saturated heterocycles. The first-order valence-corrected chi connectivity index (χ1v) is 11.7. The molecule has 1 amide bonds. The van der Waals surface area contributed by atoms with Crippen LogP contribution in [0, 0.1) is 11.8 Å². The molecule has 3 aliphatic rings. The highest BCUT2D eigenvalue weighted by Crippen LogP contribution is 2.44. The largest absolute Gasteiger partial charge is 0.379 e. The molecule has 1 aliphatic heterocycles. The summed E-state index contributed by atoms with van der Waals surface area (Å²) in [7, 11) is 3.57. The van der Waals surface area contributed by atoms with Gasteiger partial charge in [-0.3, -0.25) is 9.69 Å². The molecule has 2 bridgehead atoms. The van der Waals surface area contributed by atoms with Crippen LogP contribution in [0.15, 0.2) is 29.3 Å². The molecule has 3 atom stereocenters. The molecule has 0 aromatic heterocycles. The molecule has 3 unspecified atom stereocenters. The van der Waals surface area contributed by atoms with Gasteiger partial charge in [0.25, 0.3) is 0 Å². The van der Waals surface area contributed by atoms with Crippen molar-refractivity contribution in [1.82, 2.24) is 20.4 Å². The summed E-state index contributed by atoms with van der Waals surface area (Å²) in [5.74, 6) is 2.42. The Morgan fingerprint density at radius 3 is 2.61 bits per heavy atom. The number of morpholine rings is 1. The summed E-state index contributed by atoms with van der Waals surface area (Å²) in [5.41, 5.74) is 2.55. The van der Waals surface area contributed by atoms with Gasteiger partial charge in [0.05, 0.1) is 26.3 Å². The normalized spacial score (nSPS) is 26.1. The Kier molecular flexibility index (Phi) is 7.45. The number of guanidine groups is 1. The Hall–Kier alpha value is -2.12. The number of amides is 1. The molecular weight excluding hydrogens is 390 g/mol. The Balaban J connectivity index is 1.43. The number of fused-ring (bicyclic) bond motifs is 2. The molecule has 2 N–H and O–H groups in total. The average Bonchev–Trinajstić information content (AvgIpc) is 3.40. The third-order valence-corrected chi connectivity index (χ3v) is 6.99. The first-order chi connectivity index (χ1) is 15.1. The SMILES string of the molecule is CN(C)C(=O)CNC(=NCc1ccccc1CN1CCOCC1)NC1CC2CCC1C2. The maximum atomic E-state index is 12.1. The second-order valence-corrected chi connectivity index (χ2v) is 9.39. The van der Waals surface area contributed by atoms with E-state index in [0.717, 1.165) is 50.6 Å². The molecule has 1 heterocycles. The third kappa shape index (κ3) is 5.98. The van der Waals surface area contributed by atoms with Crippen molar-refractivity contribution < 1.29 is 9.53 Å². The molecule has 7 heteroatoms. The number of carbonyl (C=O) groups is 1. The first kappa shape index (κ1) is 22.1. The van der Waals surface area contributed by atoms with Crippen molar-refractivity contribution in [2.24, 2.45) is 16.8 Å². The molecule has 0 spiro atoms. The van der Waals surface area contributed by atoms with E-state index in [1.54, 1.807) is 19.0 Å². The zero-order chi connectivity index (χ0) is 21.6. The van der Waals surface area contributed by atoms with Crippen LogP contribution in [-0.4, -0.2) is 74.7 Å². The van der Waals surface area contributed by atoms with Crippen molar-refractivity contribution in [3.8, 4) is 0 Å². The van der Waals surface area contributed by atoms with Crippen molar-refractivity contribution in [2.75, 3.05) is 46.9 Å². The Labute approximate surface area is 186 Å². The molecule has 31 heavy (non-hydrogen) atoms. The molecule has 170 valence electrons. The highest BCUT2D eigenvalue weighted by atomic mass is 16.5. The van der Waals surface area contributed by atoms with Gasteiger partial charge in [-0.05, 0) is 42.2 Å². The number of nitrogens with zero attached hydrogens (tertiary/aromatic N) is 3. The lowest BCUT2D eigenvalue weighted by Gasteiger charge is -2.27. The summed E-state index contributed by atoms with van der Waals surface area (Å²) >= 11 is 0. The highest BCUT2D eigenvalue weighted by molar-refractivity contribution is 5.86. The van der Waals surface area contributed by atoms with Gasteiger partial charge in [0, 0.05) is 39.8 Å². The molecule has 2 aliphatic carbocycles. The standard InChI is InChI=1S/C24H37N5O2/c1-28(2)23(30)16-26-24(27-22-14-18-7-8-19(22)13-18)25-15-20-5-3-4-6-21(20)17-29-9-11-31-12-10-29/h3-6,18-19,22H,7-17H2,1-2H3,(H2,25,26,27). The predicted octanol–water partition coefficient (Wildman–Crippen LogP) is 1.83. The molecule has 7 nitrogen and oxygen atoms in total. The number of rotatable bonds is 7. The second kappa shape index (κ2) is 10.5. The number of hydrogen-bond acceptors (Lipinski definition) is 4. The summed E-state index contributed by atoms with van der Waals surface area (Å²) in [6.45, 7) is 5.35. The highest BCUT2D eigenvalue weighted by Gasteiger charge is 2.39. The number of benzene rings is 1. The minimum Gasteiger partial charge on any atom is -0.379 e. The van der Waals surface area contributed by atoms with Crippen molar-refractivity contribution in [3.05, 3.63) is 35.4 Å². The number of hydrogen-bond donors (Lipinski definition) is 2. The van der Waals surface area contributed by atoms with Crippen molar-refractivity contribution >= 4 is 11.9 Å². The van der Waals surface area contributed by atoms with E-state index in [-0.39, 0.29) is 12.5 Å². The molecule has 2 saturated carbocycles. The van der Waals surface area contributed by atoms with Crippen LogP contribution in [0.2, 0.25) is 0 Å². The molecule has 4 rings (SSSR count). The maximum absolute atomic E-state index is 12.1. The summed E-state index contributed by atoms with van der Waals surface area (Å²) < 4.78 is 5.48. The lowest BCUT2D eigenvalue weighted by molar-refractivity contribution is -0.127. The summed E-state index contributed by atoms with van der Waals surface area (Å²) in [6.07, 6.45) is 5.25. The third-order valence-electron chi connectivity index (χ3n) is 6.99. The fourth-order valence-electron chi connectivity index (χ4n) is 5.10. The minimum atomic E-state index is 0.0511. The number of aliphatic imine (C=N–C) groups is 1. The van der Waals surface area contributed by atoms with Gasteiger partial charge in [0.2, 0.25) is 5.91 Å². The number of carbonyl (C=O) groups excluding carboxylic acids is 1. The zero-order valence-corrected chi connectivity index (χ0v) is 19.0. The molecular formula is C24H37N5O2. The van der Waals surface area contributed by atoms with E-state index >= 15 is 0 Å². The van der Waals surface area contributed by atoms with Crippen molar-refractivity contribution in [2.45, 2.75) is 44.8 Å². The smallest absolute Gasteiger partial charge is 0.241 e. The average molecular weight is 428 g/mol. The predicted molar refractivity (Wildman–Crippen MR) is 123 cm³/mol. The van der Waals surface area contributed by atoms with Crippen LogP contribution < -0.4 is 10.6 Å². The fraction of sp³-hybridized carbons (Fsp3) is 0.667. The van der Waals surface area contributed by atoms with Crippen molar-refractivity contribution in [1.29, 1.82) is 0 Å².